The van der Waals surface area contributed by atoms with E-state index in [1.165, 1.54) is 6.08 Å². The van der Waals surface area contributed by atoms with Crippen molar-refractivity contribution in [3.8, 4) is 0 Å². The largest absolute Gasteiger partial charge is 0.461 e. The lowest BCUT2D eigenvalue weighted by molar-refractivity contribution is -0.158. The van der Waals surface area contributed by atoms with Gasteiger partial charge < -0.3 is 14.9 Å². The molecule has 0 unspecified atom stereocenters. The molecule has 6 nitrogen and oxygen atoms in total. The molecule has 3 N–H and O–H groups in total. The number of aromatic amines is 2. The fraction of sp³-hybridized carbons (Fsp3) is 0.429. The lowest BCUT2D eigenvalue weighted by Crippen LogP contribution is -2.50. The third-order valence-corrected chi connectivity index (χ3v) is 5.31. The van der Waals surface area contributed by atoms with Gasteiger partial charge in [-0.05, 0) is 24.0 Å². The van der Waals surface area contributed by atoms with Crippen LogP contribution in [0.3, 0.4) is 0 Å². The van der Waals surface area contributed by atoms with Crippen LogP contribution in [0.2, 0.25) is 0 Å². The standard InChI is InChI=1S/C21H26N2O4/c1-5-10-27-20(25)18-16(14-8-6-13(7-9-14)12(2)3)17-15(11-21(18,4)26)22-23-19(17)24/h5-9,12,16,18,26H,1,10-11H2,2-4H3,(H2,22,23,24)/t16-,18+,21+/m1/s1. The third kappa shape index (κ3) is 3.49. The molecule has 0 amide bonds. The minimum Gasteiger partial charge on any atom is -0.461 e. The number of aromatic nitrogens is 2. The first-order valence-electron chi connectivity index (χ1n) is 9.15. The zero-order chi connectivity index (χ0) is 19.8. The molecule has 1 aliphatic carbocycles. The van der Waals surface area contributed by atoms with Crippen LogP contribution in [0.1, 0.15) is 55.0 Å². The molecular formula is C21H26N2O4. The minimum atomic E-state index is -1.36. The molecule has 1 aliphatic rings. The number of carbonyl (C=O) groups is 1. The van der Waals surface area contributed by atoms with Crippen molar-refractivity contribution in [2.24, 2.45) is 5.92 Å². The molecule has 2 aromatic rings. The number of fused-ring (bicyclic) bond motifs is 1. The van der Waals surface area contributed by atoms with Crippen LogP contribution in [0, 0.1) is 5.92 Å². The van der Waals surface area contributed by atoms with Crippen LogP contribution >= 0.6 is 0 Å². The molecule has 0 saturated heterocycles. The maximum atomic E-state index is 12.8. The summed E-state index contributed by atoms with van der Waals surface area (Å²) in [7, 11) is 0. The molecule has 144 valence electrons. The lowest BCUT2D eigenvalue weighted by Gasteiger charge is -2.40. The van der Waals surface area contributed by atoms with Crippen LogP contribution < -0.4 is 5.56 Å². The Kier molecular flexibility index (Phi) is 5.11. The molecule has 0 fully saturated rings. The van der Waals surface area contributed by atoms with Crippen molar-refractivity contribution in [3.05, 3.63) is 69.7 Å². The topological polar surface area (TPSA) is 95.2 Å². The first-order valence-corrected chi connectivity index (χ1v) is 9.15. The van der Waals surface area contributed by atoms with Gasteiger partial charge in [0.1, 0.15) is 6.61 Å². The highest BCUT2D eigenvalue weighted by atomic mass is 16.5. The number of nitrogens with one attached hydrogen (secondary N) is 2. The van der Waals surface area contributed by atoms with Crippen molar-refractivity contribution in [2.75, 3.05) is 6.61 Å². The third-order valence-electron chi connectivity index (χ3n) is 5.31. The van der Waals surface area contributed by atoms with Gasteiger partial charge in [-0.2, -0.15) is 0 Å². The van der Waals surface area contributed by atoms with E-state index >= 15 is 0 Å². The minimum absolute atomic E-state index is 0.0563. The van der Waals surface area contributed by atoms with Crippen molar-refractivity contribution in [1.82, 2.24) is 10.2 Å². The summed E-state index contributed by atoms with van der Waals surface area (Å²) in [5.41, 5.74) is 1.43. The summed E-state index contributed by atoms with van der Waals surface area (Å²) in [5.74, 6) is -1.67. The quantitative estimate of drug-likeness (QED) is 0.557. The number of esters is 1. The molecule has 1 heterocycles. The van der Waals surface area contributed by atoms with Gasteiger partial charge in [-0.25, -0.2) is 0 Å². The summed E-state index contributed by atoms with van der Waals surface area (Å²) >= 11 is 0. The van der Waals surface area contributed by atoms with E-state index in [4.69, 9.17) is 4.74 Å². The van der Waals surface area contributed by atoms with Crippen molar-refractivity contribution >= 4 is 5.97 Å². The maximum Gasteiger partial charge on any atom is 0.313 e. The van der Waals surface area contributed by atoms with Crippen molar-refractivity contribution in [3.63, 3.8) is 0 Å². The van der Waals surface area contributed by atoms with Crippen LogP contribution in [-0.2, 0) is 16.0 Å². The Balaban J connectivity index is 2.14. The Labute approximate surface area is 158 Å². The number of ether oxygens (including phenoxy) is 1. The predicted octanol–water partition coefficient (Wildman–Crippen LogP) is 2.61. The molecular weight excluding hydrogens is 344 g/mol. The average Bonchev–Trinajstić information content (AvgIpc) is 2.97. The van der Waals surface area contributed by atoms with Gasteiger partial charge >= 0.3 is 5.97 Å². The maximum absolute atomic E-state index is 12.8. The molecule has 1 aromatic heterocycles. The van der Waals surface area contributed by atoms with Gasteiger partial charge in [0.2, 0.25) is 0 Å². The van der Waals surface area contributed by atoms with Gasteiger partial charge in [0.15, 0.2) is 0 Å². The van der Waals surface area contributed by atoms with E-state index in [2.05, 4.69) is 30.6 Å². The van der Waals surface area contributed by atoms with E-state index in [0.29, 0.717) is 17.2 Å². The van der Waals surface area contributed by atoms with E-state index in [9.17, 15) is 14.7 Å². The molecule has 27 heavy (non-hydrogen) atoms. The molecule has 0 bridgehead atoms. The predicted molar refractivity (Wildman–Crippen MR) is 103 cm³/mol. The van der Waals surface area contributed by atoms with Gasteiger partial charge in [0.25, 0.3) is 5.56 Å². The van der Waals surface area contributed by atoms with Crippen molar-refractivity contribution in [2.45, 2.75) is 44.6 Å². The number of carbonyl (C=O) groups excluding carboxylic acids is 1. The van der Waals surface area contributed by atoms with Crippen LogP contribution in [0.5, 0.6) is 0 Å². The van der Waals surface area contributed by atoms with Crippen molar-refractivity contribution in [1.29, 1.82) is 0 Å². The Hall–Kier alpha value is -2.60. The van der Waals surface area contributed by atoms with E-state index in [1.54, 1.807) is 6.92 Å². The van der Waals surface area contributed by atoms with Gasteiger partial charge in [-0.1, -0.05) is 50.8 Å². The van der Waals surface area contributed by atoms with Gasteiger partial charge in [-0.15, -0.1) is 0 Å². The SMILES string of the molecule is C=CCOC(=O)[C@@H]1[C@H](c2ccc(C(C)C)cc2)c2c([nH][nH]c2=O)C[C@]1(C)O. The van der Waals surface area contributed by atoms with Crippen LogP contribution in [0.15, 0.2) is 41.7 Å². The van der Waals surface area contributed by atoms with Gasteiger partial charge in [0.05, 0.1) is 11.5 Å². The first kappa shape index (κ1) is 19.2. The normalized spacial score (nSPS) is 24.5. The van der Waals surface area contributed by atoms with E-state index < -0.39 is 23.4 Å². The average molecular weight is 370 g/mol. The summed E-state index contributed by atoms with van der Waals surface area (Å²) in [6, 6.07) is 7.84. The Bertz CT molecular complexity index is 890. The van der Waals surface area contributed by atoms with Crippen LogP contribution in [0.25, 0.3) is 0 Å². The number of hydrogen-bond donors (Lipinski definition) is 3. The molecule has 0 spiro atoms. The zero-order valence-electron chi connectivity index (χ0n) is 15.9. The summed E-state index contributed by atoms with van der Waals surface area (Å²) < 4.78 is 5.27. The first-order chi connectivity index (χ1) is 12.8. The molecule has 1 aromatic carbocycles. The highest BCUT2D eigenvalue weighted by Crippen LogP contribution is 2.44. The number of hydrogen-bond acceptors (Lipinski definition) is 4. The Morgan fingerprint density at radius 1 is 1.37 bits per heavy atom. The summed E-state index contributed by atoms with van der Waals surface area (Å²) in [6.45, 7) is 9.43. The summed E-state index contributed by atoms with van der Waals surface area (Å²) in [5, 5.41) is 16.5. The lowest BCUT2D eigenvalue weighted by atomic mass is 9.66. The molecule has 6 heteroatoms. The Morgan fingerprint density at radius 3 is 2.63 bits per heavy atom. The van der Waals surface area contributed by atoms with Crippen LogP contribution in [0.4, 0.5) is 0 Å². The van der Waals surface area contributed by atoms with Gasteiger partial charge in [-0.3, -0.25) is 14.7 Å². The highest BCUT2D eigenvalue weighted by Gasteiger charge is 2.51. The second kappa shape index (κ2) is 7.19. The van der Waals surface area contributed by atoms with Crippen molar-refractivity contribution < 1.29 is 14.6 Å². The number of rotatable bonds is 5. The number of benzene rings is 1. The second-order valence-corrected chi connectivity index (χ2v) is 7.70. The fourth-order valence-corrected chi connectivity index (χ4v) is 3.93. The smallest absolute Gasteiger partial charge is 0.313 e. The fourth-order valence-electron chi connectivity index (χ4n) is 3.93. The molecule has 0 aliphatic heterocycles. The van der Waals surface area contributed by atoms with E-state index in [1.807, 2.05) is 24.3 Å². The highest BCUT2D eigenvalue weighted by molar-refractivity contribution is 5.77. The molecule has 3 atom stereocenters. The zero-order valence-corrected chi connectivity index (χ0v) is 15.9. The number of H-pyrrole nitrogens is 2. The second-order valence-electron chi connectivity index (χ2n) is 7.70. The number of aliphatic hydroxyl groups is 1. The molecule has 0 saturated carbocycles. The van der Waals surface area contributed by atoms with Gasteiger partial charge in [0, 0.05) is 23.6 Å². The van der Waals surface area contributed by atoms with E-state index in [0.717, 1.165) is 11.1 Å². The summed E-state index contributed by atoms with van der Waals surface area (Å²) in [4.78, 5) is 25.3. The monoisotopic (exact) mass is 370 g/mol. The van der Waals surface area contributed by atoms with E-state index in [-0.39, 0.29) is 18.6 Å². The Morgan fingerprint density at radius 2 is 2.04 bits per heavy atom. The molecule has 0 radical (unpaired) electrons. The van der Waals surface area contributed by atoms with Crippen LogP contribution in [-0.4, -0.2) is 33.5 Å². The summed E-state index contributed by atoms with van der Waals surface area (Å²) in [6.07, 6.45) is 1.64. The molecule has 3 rings (SSSR count).